The van der Waals surface area contributed by atoms with Crippen molar-refractivity contribution in [3.05, 3.63) is 53.4 Å². The van der Waals surface area contributed by atoms with E-state index in [4.69, 9.17) is 9.84 Å². The molecule has 1 atom stereocenters. The molecule has 2 rings (SSSR count). The van der Waals surface area contributed by atoms with Gasteiger partial charge in [-0.15, -0.1) is 0 Å². The summed E-state index contributed by atoms with van der Waals surface area (Å²) >= 11 is 0. The number of carbonyl (C=O) groups is 1. The first-order chi connectivity index (χ1) is 8.56. The molecule has 0 spiro atoms. The minimum absolute atomic E-state index is 0.124. The van der Waals surface area contributed by atoms with Gasteiger partial charge in [-0.25, -0.2) is 9.18 Å². The summed E-state index contributed by atoms with van der Waals surface area (Å²) in [5, 5.41) is 9.09. The molecule has 1 aliphatic carbocycles. The minimum Gasteiger partial charge on any atom is -0.485 e. The Bertz CT molecular complexity index is 532. The van der Waals surface area contributed by atoms with Crippen LogP contribution in [-0.4, -0.2) is 17.2 Å². The second-order valence-electron chi connectivity index (χ2n) is 4.14. The van der Waals surface area contributed by atoms with Gasteiger partial charge in [-0.2, -0.15) is 0 Å². The zero-order valence-electron chi connectivity index (χ0n) is 9.89. The van der Waals surface area contributed by atoms with Crippen molar-refractivity contribution in [3.8, 4) is 5.75 Å². The third kappa shape index (κ3) is 2.77. The summed E-state index contributed by atoms with van der Waals surface area (Å²) in [6, 6.07) is 4.96. The molecule has 4 heteroatoms. The van der Waals surface area contributed by atoms with Crippen LogP contribution in [0.2, 0.25) is 0 Å². The number of carboxylic acid groups (broad SMARTS) is 1. The maximum Gasteiger partial charge on any atom is 0.339 e. The smallest absolute Gasteiger partial charge is 0.339 e. The van der Waals surface area contributed by atoms with Crippen LogP contribution in [0.25, 0.3) is 0 Å². The molecule has 0 fully saturated rings. The van der Waals surface area contributed by atoms with Crippen LogP contribution < -0.4 is 4.74 Å². The average molecular weight is 248 g/mol. The van der Waals surface area contributed by atoms with Crippen LogP contribution in [0.4, 0.5) is 4.39 Å². The van der Waals surface area contributed by atoms with E-state index in [1.54, 1.807) is 24.3 Å². The van der Waals surface area contributed by atoms with Crippen molar-refractivity contribution in [2.24, 2.45) is 0 Å². The number of ether oxygens (including phenoxy) is 1. The van der Waals surface area contributed by atoms with E-state index >= 15 is 0 Å². The monoisotopic (exact) mass is 248 g/mol. The zero-order valence-corrected chi connectivity index (χ0v) is 9.89. The normalized spacial score (nSPS) is 18.3. The number of aromatic carboxylic acids is 1. The highest BCUT2D eigenvalue weighted by Gasteiger charge is 2.16. The van der Waals surface area contributed by atoms with Crippen molar-refractivity contribution in [3.63, 3.8) is 0 Å². The first-order valence-electron chi connectivity index (χ1n) is 5.61. The SMILES string of the molecule is Cc1ccc(OC2C=CC(F)=CC2)c(C(=O)O)c1. The number of allylic oxidation sites excluding steroid dienone is 2. The Morgan fingerprint density at radius 1 is 1.50 bits per heavy atom. The molecule has 1 aromatic carbocycles. The van der Waals surface area contributed by atoms with Gasteiger partial charge in [-0.1, -0.05) is 11.6 Å². The van der Waals surface area contributed by atoms with E-state index in [-0.39, 0.29) is 17.5 Å². The van der Waals surface area contributed by atoms with Crippen LogP contribution in [0, 0.1) is 6.92 Å². The first-order valence-corrected chi connectivity index (χ1v) is 5.61. The number of hydrogen-bond donors (Lipinski definition) is 1. The Hall–Kier alpha value is -2.10. The maximum absolute atomic E-state index is 12.8. The lowest BCUT2D eigenvalue weighted by molar-refractivity contribution is 0.0690. The third-order valence-electron chi connectivity index (χ3n) is 2.66. The second-order valence-corrected chi connectivity index (χ2v) is 4.14. The molecule has 0 heterocycles. The molecule has 18 heavy (non-hydrogen) atoms. The van der Waals surface area contributed by atoms with Crippen molar-refractivity contribution >= 4 is 5.97 Å². The standard InChI is InChI=1S/C14H13FO3/c1-9-2-7-13(12(8-9)14(16)17)18-11-5-3-10(15)4-6-11/h2-5,7-8,11H,6H2,1H3,(H,16,17). The molecule has 0 amide bonds. The van der Waals surface area contributed by atoms with E-state index in [0.717, 1.165) is 5.56 Å². The van der Waals surface area contributed by atoms with Crippen molar-refractivity contribution in [1.82, 2.24) is 0 Å². The van der Waals surface area contributed by atoms with E-state index in [0.29, 0.717) is 12.2 Å². The van der Waals surface area contributed by atoms with Crippen molar-refractivity contribution in [2.45, 2.75) is 19.4 Å². The highest BCUT2D eigenvalue weighted by molar-refractivity contribution is 5.91. The summed E-state index contributed by atoms with van der Waals surface area (Å²) in [5.41, 5.74) is 0.975. The van der Waals surface area contributed by atoms with Crippen LogP contribution >= 0.6 is 0 Å². The fourth-order valence-electron chi connectivity index (χ4n) is 1.74. The van der Waals surface area contributed by atoms with Gasteiger partial charge in [-0.3, -0.25) is 0 Å². The van der Waals surface area contributed by atoms with Crippen LogP contribution in [0.5, 0.6) is 5.75 Å². The second kappa shape index (κ2) is 5.04. The molecule has 0 saturated heterocycles. The molecule has 0 bridgehead atoms. The molecule has 0 aromatic heterocycles. The predicted molar refractivity (Wildman–Crippen MR) is 65.5 cm³/mol. The molecule has 1 aromatic rings. The fraction of sp³-hybridized carbons (Fsp3) is 0.214. The van der Waals surface area contributed by atoms with E-state index in [9.17, 15) is 9.18 Å². The topological polar surface area (TPSA) is 46.5 Å². The zero-order chi connectivity index (χ0) is 13.1. The van der Waals surface area contributed by atoms with Gasteiger partial charge in [0.2, 0.25) is 0 Å². The third-order valence-corrected chi connectivity index (χ3v) is 2.66. The summed E-state index contributed by atoms with van der Waals surface area (Å²) < 4.78 is 18.4. The lowest BCUT2D eigenvalue weighted by Crippen LogP contribution is -2.16. The lowest BCUT2D eigenvalue weighted by Gasteiger charge is -2.18. The van der Waals surface area contributed by atoms with Gasteiger partial charge < -0.3 is 9.84 Å². The first kappa shape index (κ1) is 12.4. The van der Waals surface area contributed by atoms with Crippen molar-refractivity contribution in [2.75, 3.05) is 0 Å². The molecule has 1 unspecified atom stereocenters. The highest BCUT2D eigenvalue weighted by atomic mass is 19.1. The molecule has 3 nitrogen and oxygen atoms in total. The molecular formula is C14H13FO3. The minimum atomic E-state index is -1.03. The number of carboxylic acids is 1. The van der Waals surface area contributed by atoms with Crippen LogP contribution in [0.3, 0.4) is 0 Å². The van der Waals surface area contributed by atoms with Gasteiger partial charge in [0.1, 0.15) is 23.2 Å². The maximum atomic E-state index is 12.8. The van der Waals surface area contributed by atoms with Gasteiger partial charge in [0, 0.05) is 6.42 Å². The number of benzene rings is 1. The summed E-state index contributed by atoms with van der Waals surface area (Å²) in [6.45, 7) is 1.81. The Morgan fingerprint density at radius 2 is 2.28 bits per heavy atom. The number of halogens is 1. The Labute approximate surface area is 104 Å². The number of rotatable bonds is 3. The molecule has 1 aliphatic rings. The molecule has 0 aliphatic heterocycles. The quantitative estimate of drug-likeness (QED) is 0.893. The average Bonchev–Trinajstić information content (AvgIpc) is 2.34. The Kier molecular flexibility index (Phi) is 3.46. The fourth-order valence-corrected chi connectivity index (χ4v) is 1.74. The predicted octanol–water partition coefficient (Wildman–Crippen LogP) is 3.25. The number of aryl methyl sites for hydroxylation is 1. The number of hydrogen-bond acceptors (Lipinski definition) is 2. The van der Waals surface area contributed by atoms with E-state index in [2.05, 4.69) is 0 Å². The van der Waals surface area contributed by atoms with Crippen LogP contribution in [-0.2, 0) is 0 Å². The summed E-state index contributed by atoms with van der Waals surface area (Å²) in [7, 11) is 0. The lowest BCUT2D eigenvalue weighted by atomic mass is 10.1. The molecule has 0 saturated carbocycles. The molecule has 94 valence electrons. The van der Waals surface area contributed by atoms with Crippen molar-refractivity contribution < 1.29 is 19.0 Å². The molecular weight excluding hydrogens is 235 g/mol. The highest BCUT2D eigenvalue weighted by Crippen LogP contribution is 2.24. The van der Waals surface area contributed by atoms with Gasteiger partial charge in [0.25, 0.3) is 0 Å². The van der Waals surface area contributed by atoms with Gasteiger partial charge in [-0.05, 0) is 37.3 Å². The van der Waals surface area contributed by atoms with Crippen LogP contribution in [0.15, 0.2) is 42.3 Å². The van der Waals surface area contributed by atoms with Gasteiger partial charge in [0.15, 0.2) is 0 Å². The van der Waals surface area contributed by atoms with E-state index in [1.165, 1.54) is 12.2 Å². The largest absolute Gasteiger partial charge is 0.485 e. The Morgan fingerprint density at radius 3 is 2.89 bits per heavy atom. The summed E-state index contributed by atoms with van der Waals surface area (Å²) in [4.78, 5) is 11.1. The summed E-state index contributed by atoms with van der Waals surface area (Å²) in [6.07, 6.45) is 4.39. The molecule has 0 radical (unpaired) electrons. The van der Waals surface area contributed by atoms with E-state index < -0.39 is 5.97 Å². The van der Waals surface area contributed by atoms with E-state index in [1.807, 2.05) is 6.92 Å². The molecule has 1 N–H and O–H groups in total. The summed E-state index contributed by atoms with van der Waals surface area (Å²) in [5.74, 6) is -1.02. The van der Waals surface area contributed by atoms with Gasteiger partial charge >= 0.3 is 5.97 Å². The van der Waals surface area contributed by atoms with Crippen LogP contribution in [0.1, 0.15) is 22.3 Å². The van der Waals surface area contributed by atoms with Gasteiger partial charge in [0.05, 0.1) is 0 Å². The van der Waals surface area contributed by atoms with Crippen molar-refractivity contribution in [1.29, 1.82) is 0 Å². The Balaban J connectivity index is 2.19.